The summed E-state index contributed by atoms with van der Waals surface area (Å²) in [6, 6.07) is 19.0. The summed E-state index contributed by atoms with van der Waals surface area (Å²) in [4.78, 5) is 23.7. The lowest BCUT2D eigenvalue weighted by atomic mass is 10.0. The standard InChI is InChI=1S/C33H39N9O/c34-33-32-29(26-10-11-27-22-41(37-30(27)19-26)21-25-7-2-1-3-8-25)20-28(42(32)36-24-35-33)9-6-12-38-15-17-39(18-16-38)23-31(43)40-13-4-5-14-40/h1-3,7-8,10-11,19-20,22,24H,4-6,9,12-18,21,23H2,(H2,34,35,36). The summed E-state index contributed by atoms with van der Waals surface area (Å²) in [5, 5.41) is 10.6. The number of carbonyl (C=O) groups is 1. The van der Waals surface area contributed by atoms with Gasteiger partial charge in [-0.3, -0.25) is 14.4 Å². The SMILES string of the molecule is Nc1ncnn2c(CCCN3CCN(CC(=O)N4CCCC4)CC3)cc(-c3ccc4cn(Cc5ccccc5)nc4c3)c12. The van der Waals surface area contributed by atoms with Crippen molar-refractivity contribution < 1.29 is 4.79 Å². The van der Waals surface area contributed by atoms with Crippen LogP contribution in [0.2, 0.25) is 0 Å². The van der Waals surface area contributed by atoms with Crippen molar-refractivity contribution >= 4 is 28.1 Å². The highest BCUT2D eigenvalue weighted by atomic mass is 16.2. The maximum atomic E-state index is 12.5. The molecule has 1 amide bonds. The summed E-state index contributed by atoms with van der Waals surface area (Å²) in [6.07, 6.45) is 7.83. The Morgan fingerprint density at radius 3 is 2.51 bits per heavy atom. The summed E-state index contributed by atoms with van der Waals surface area (Å²) in [5.41, 5.74) is 12.6. The molecule has 2 aromatic carbocycles. The van der Waals surface area contributed by atoms with Gasteiger partial charge in [0.15, 0.2) is 5.82 Å². The third kappa shape index (κ3) is 5.98. The molecule has 2 N–H and O–H groups in total. The Bertz CT molecular complexity index is 1710. The first-order valence-electron chi connectivity index (χ1n) is 15.5. The number of aryl methyl sites for hydroxylation is 1. The zero-order valence-corrected chi connectivity index (χ0v) is 24.6. The van der Waals surface area contributed by atoms with Crippen LogP contribution in [-0.4, -0.2) is 97.3 Å². The first kappa shape index (κ1) is 27.5. The molecule has 43 heavy (non-hydrogen) atoms. The molecule has 2 aliphatic rings. The molecule has 7 rings (SSSR count). The Kier molecular flexibility index (Phi) is 7.78. The van der Waals surface area contributed by atoms with Crippen molar-refractivity contribution in [2.75, 3.05) is 58.1 Å². The van der Waals surface area contributed by atoms with Gasteiger partial charge in [0.05, 0.1) is 18.6 Å². The second kappa shape index (κ2) is 12.1. The van der Waals surface area contributed by atoms with E-state index in [2.05, 4.69) is 74.6 Å². The minimum absolute atomic E-state index is 0.294. The van der Waals surface area contributed by atoms with Crippen molar-refractivity contribution in [2.24, 2.45) is 0 Å². The molecule has 0 saturated carbocycles. The molecule has 0 radical (unpaired) electrons. The number of rotatable bonds is 9. The molecule has 5 aromatic rings. The molecule has 2 aliphatic heterocycles. The number of aromatic nitrogens is 5. The van der Waals surface area contributed by atoms with E-state index >= 15 is 0 Å². The molecule has 3 aromatic heterocycles. The molecular weight excluding hydrogens is 538 g/mol. The summed E-state index contributed by atoms with van der Waals surface area (Å²) in [7, 11) is 0. The van der Waals surface area contributed by atoms with Gasteiger partial charge in [-0.25, -0.2) is 9.50 Å². The van der Waals surface area contributed by atoms with E-state index in [9.17, 15) is 4.79 Å². The average molecular weight is 578 g/mol. The lowest BCUT2D eigenvalue weighted by molar-refractivity contribution is -0.131. The molecule has 5 heterocycles. The van der Waals surface area contributed by atoms with E-state index in [1.165, 1.54) is 11.9 Å². The summed E-state index contributed by atoms with van der Waals surface area (Å²) in [5.74, 6) is 0.772. The van der Waals surface area contributed by atoms with Crippen molar-refractivity contribution in [1.29, 1.82) is 0 Å². The van der Waals surface area contributed by atoms with Crippen molar-refractivity contribution in [2.45, 2.75) is 32.2 Å². The predicted molar refractivity (Wildman–Crippen MR) is 169 cm³/mol. The number of piperazine rings is 1. The van der Waals surface area contributed by atoms with Crippen LogP contribution in [0.15, 0.2) is 67.1 Å². The molecule has 10 heteroatoms. The summed E-state index contributed by atoms with van der Waals surface area (Å²) < 4.78 is 3.95. The van der Waals surface area contributed by atoms with E-state index in [-0.39, 0.29) is 0 Å². The van der Waals surface area contributed by atoms with E-state index in [0.717, 1.165) is 111 Å². The van der Waals surface area contributed by atoms with Gasteiger partial charge in [-0.2, -0.15) is 10.2 Å². The van der Waals surface area contributed by atoms with Gasteiger partial charge in [-0.1, -0.05) is 42.5 Å². The Labute approximate surface area is 251 Å². The van der Waals surface area contributed by atoms with Crippen LogP contribution in [0.25, 0.3) is 27.5 Å². The fraction of sp³-hybridized carbons (Fsp3) is 0.394. The van der Waals surface area contributed by atoms with Crippen LogP contribution in [0.1, 0.15) is 30.5 Å². The maximum absolute atomic E-state index is 12.5. The number of nitrogen functional groups attached to an aromatic ring is 1. The zero-order valence-electron chi connectivity index (χ0n) is 24.6. The lowest BCUT2D eigenvalue weighted by Crippen LogP contribution is -2.49. The van der Waals surface area contributed by atoms with Crippen molar-refractivity contribution in [1.82, 2.24) is 39.1 Å². The van der Waals surface area contributed by atoms with Crippen LogP contribution in [0, 0.1) is 0 Å². The van der Waals surface area contributed by atoms with E-state index < -0.39 is 0 Å². The Hall–Kier alpha value is -4.28. The van der Waals surface area contributed by atoms with E-state index in [4.69, 9.17) is 10.8 Å². The van der Waals surface area contributed by atoms with Gasteiger partial charge in [0.2, 0.25) is 5.91 Å². The van der Waals surface area contributed by atoms with Crippen molar-refractivity contribution in [3.05, 3.63) is 78.4 Å². The van der Waals surface area contributed by atoms with Gasteiger partial charge in [0.25, 0.3) is 0 Å². The van der Waals surface area contributed by atoms with Gasteiger partial charge < -0.3 is 15.5 Å². The van der Waals surface area contributed by atoms with Crippen molar-refractivity contribution in [3.63, 3.8) is 0 Å². The predicted octanol–water partition coefficient (Wildman–Crippen LogP) is 3.55. The highest BCUT2D eigenvalue weighted by Crippen LogP contribution is 2.32. The van der Waals surface area contributed by atoms with Gasteiger partial charge >= 0.3 is 0 Å². The number of likely N-dealkylation sites (tertiary alicyclic amines) is 1. The second-order valence-corrected chi connectivity index (χ2v) is 11.9. The fourth-order valence-corrected chi connectivity index (χ4v) is 6.53. The number of hydrogen-bond acceptors (Lipinski definition) is 7. The number of fused-ring (bicyclic) bond motifs is 2. The van der Waals surface area contributed by atoms with Crippen LogP contribution in [-0.2, 0) is 17.8 Å². The molecule has 0 atom stereocenters. The number of carbonyl (C=O) groups excluding carboxylic acids is 1. The Balaban J connectivity index is 1.01. The van der Waals surface area contributed by atoms with Crippen LogP contribution in [0.4, 0.5) is 5.82 Å². The maximum Gasteiger partial charge on any atom is 0.236 e. The highest BCUT2D eigenvalue weighted by Gasteiger charge is 2.23. The quantitative estimate of drug-likeness (QED) is 0.286. The Morgan fingerprint density at radius 2 is 1.70 bits per heavy atom. The highest BCUT2D eigenvalue weighted by molar-refractivity contribution is 5.92. The number of benzene rings is 2. The second-order valence-electron chi connectivity index (χ2n) is 11.9. The minimum Gasteiger partial charge on any atom is -0.382 e. The van der Waals surface area contributed by atoms with E-state index in [1.807, 2.05) is 20.2 Å². The normalized spacial score (nSPS) is 16.5. The van der Waals surface area contributed by atoms with Gasteiger partial charge in [-0.15, -0.1) is 0 Å². The fourth-order valence-electron chi connectivity index (χ4n) is 6.53. The van der Waals surface area contributed by atoms with Gasteiger partial charge in [-0.05, 0) is 55.5 Å². The molecule has 10 nitrogen and oxygen atoms in total. The third-order valence-electron chi connectivity index (χ3n) is 8.90. The van der Waals surface area contributed by atoms with Crippen LogP contribution in [0.5, 0.6) is 0 Å². The molecule has 0 aliphatic carbocycles. The molecular formula is C33H39N9O. The summed E-state index contributed by atoms with van der Waals surface area (Å²) in [6.45, 7) is 8.07. The van der Waals surface area contributed by atoms with Crippen LogP contribution < -0.4 is 5.73 Å². The van der Waals surface area contributed by atoms with E-state index in [1.54, 1.807) is 0 Å². The molecule has 0 bridgehead atoms. The van der Waals surface area contributed by atoms with Crippen LogP contribution >= 0.6 is 0 Å². The van der Waals surface area contributed by atoms with Crippen molar-refractivity contribution in [3.8, 4) is 11.1 Å². The Morgan fingerprint density at radius 1 is 0.907 bits per heavy atom. The lowest BCUT2D eigenvalue weighted by Gasteiger charge is -2.35. The average Bonchev–Trinajstić information content (AvgIpc) is 3.78. The third-order valence-corrected chi connectivity index (χ3v) is 8.90. The van der Waals surface area contributed by atoms with Gasteiger partial charge in [0, 0.05) is 62.1 Å². The minimum atomic E-state index is 0.294. The monoisotopic (exact) mass is 577 g/mol. The zero-order chi connectivity index (χ0) is 29.2. The molecule has 0 spiro atoms. The topological polar surface area (TPSA) is 101 Å². The van der Waals surface area contributed by atoms with Gasteiger partial charge in [0.1, 0.15) is 11.8 Å². The molecule has 0 unspecified atom stereocenters. The molecule has 222 valence electrons. The smallest absolute Gasteiger partial charge is 0.236 e. The number of anilines is 1. The van der Waals surface area contributed by atoms with E-state index in [0.29, 0.717) is 18.3 Å². The first-order valence-corrected chi connectivity index (χ1v) is 15.5. The number of nitrogens with zero attached hydrogens (tertiary/aromatic N) is 8. The van der Waals surface area contributed by atoms with Crippen LogP contribution in [0.3, 0.4) is 0 Å². The number of nitrogens with two attached hydrogens (primary N) is 1. The largest absolute Gasteiger partial charge is 0.382 e. The molecule has 2 saturated heterocycles. The molecule has 2 fully saturated rings. The number of amides is 1. The number of hydrogen-bond donors (Lipinski definition) is 1. The summed E-state index contributed by atoms with van der Waals surface area (Å²) >= 11 is 0. The first-order chi connectivity index (χ1) is 21.1.